The van der Waals surface area contributed by atoms with Crippen LogP contribution in [0.5, 0.6) is 0 Å². The second-order valence-electron chi connectivity index (χ2n) is 4.86. The van der Waals surface area contributed by atoms with Crippen molar-refractivity contribution in [2.45, 2.75) is 29.2 Å². The molecule has 1 aliphatic rings. The first-order chi connectivity index (χ1) is 9.83. The van der Waals surface area contributed by atoms with Gasteiger partial charge >= 0.3 is 0 Å². The van der Waals surface area contributed by atoms with E-state index in [-0.39, 0.29) is 11.2 Å². The number of carbonyl (C=O) groups excluding carboxylic acids is 1. The Bertz CT molecular complexity index is 570. The van der Waals surface area contributed by atoms with Gasteiger partial charge in [-0.3, -0.25) is 4.79 Å². The lowest BCUT2D eigenvalue weighted by Crippen LogP contribution is -2.29. The molecule has 1 fully saturated rings. The van der Waals surface area contributed by atoms with Crippen LogP contribution in [-0.4, -0.2) is 16.9 Å². The molecule has 1 amide bonds. The van der Waals surface area contributed by atoms with Gasteiger partial charge in [-0.25, -0.2) is 4.98 Å². The van der Waals surface area contributed by atoms with E-state index in [0.717, 1.165) is 23.4 Å². The largest absolute Gasteiger partial charge is 0.352 e. The fourth-order valence-electron chi connectivity index (χ4n) is 1.94. The Hall–Kier alpha value is -1.81. The van der Waals surface area contributed by atoms with E-state index in [9.17, 15) is 4.79 Å². The molecule has 102 valence electrons. The van der Waals surface area contributed by atoms with Crippen LogP contribution in [0.4, 0.5) is 0 Å². The quantitative estimate of drug-likeness (QED) is 0.857. The van der Waals surface area contributed by atoms with E-state index in [0.29, 0.717) is 6.04 Å². The molecule has 20 heavy (non-hydrogen) atoms. The highest BCUT2D eigenvalue weighted by molar-refractivity contribution is 8.00. The van der Waals surface area contributed by atoms with Crippen molar-refractivity contribution in [1.29, 1.82) is 0 Å². The summed E-state index contributed by atoms with van der Waals surface area (Å²) in [6, 6.07) is 16.0. The predicted molar refractivity (Wildman–Crippen MR) is 80.4 cm³/mol. The molecule has 0 bridgehead atoms. The van der Waals surface area contributed by atoms with E-state index in [1.165, 1.54) is 11.8 Å². The van der Waals surface area contributed by atoms with Crippen LogP contribution in [-0.2, 0) is 4.79 Å². The van der Waals surface area contributed by atoms with Crippen LogP contribution in [0.15, 0.2) is 59.8 Å². The summed E-state index contributed by atoms with van der Waals surface area (Å²) in [5.74, 6) is 0.0781. The second-order valence-corrected chi connectivity index (χ2v) is 5.98. The van der Waals surface area contributed by atoms with Gasteiger partial charge in [-0.1, -0.05) is 48.2 Å². The van der Waals surface area contributed by atoms with Gasteiger partial charge in [0.25, 0.3) is 0 Å². The van der Waals surface area contributed by atoms with E-state index >= 15 is 0 Å². The first-order valence-electron chi connectivity index (χ1n) is 6.76. The number of carbonyl (C=O) groups is 1. The van der Waals surface area contributed by atoms with Crippen molar-refractivity contribution < 1.29 is 4.79 Å². The zero-order chi connectivity index (χ0) is 13.8. The highest BCUT2D eigenvalue weighted by Crippen LogP contribution is 2.35. The molecule has 1 aromatic carbocycles. The van der Waals surface area contributed by atoms with Crippen molar-refractivity contribution in [1.82, 2.24) is 10.3 Å². The number of nitrogens with zero attached hydrogens (tertiary/aromatic N) is 1. The summed E-state index contributed by atoms with van der Waals surface area (Å²) >= 11 is 1.50. The van der Waals surface area contributed by atoms with Gasteiger partial charge in [0, 0.05) is 12.2 Å². The lowest BCUT2D eigenvalue weighted by molar-refractivity contribution is -0.120. The van der Waals surface area contributed by atoms with Crippen molar-refractivity contribution >= 4 is 17.7 Å². The number of hydrogen-bond donors (Lipinski definition) is 1. The topological polar surface area (TPSA) is 42.0 Å². The Labute approximate surface area is 122 Å². The monoisotopic (exact) mass is 284 g/mol. The standard InChI is InChI=1S/C16H16N2OS/c19-16(18-13-9-10-13)15(12-6-2-1-3-7-12)20-14-8-4-5-11-17-14/h1-8,11,13,15H,9-10H2,(H,18,19). The van der Waals surface area contributed by atoms with Crippen molar-refractivity contribution in [3.63, 3.8) is 0 Å². The summed E-state index contributed by atoms with van der Waals surface area (Å²) in [4.78, 5) is 16.7. The number of amides is 1. The molecule has 3 rings (SSSR count). The minimum absolute atomic E-state index is 0.0781. The molecule has 0 spiro atoms. The molecule has 1 unspecified atom stereocenters. The smallest absolute Gasteiger partial charge is 0.238 e. The number of hydrogen-bond acceptors (Lipinski definition) is 3. The summed E-state index contributed by atoms with van der Waals surface area (Å²) in [7, 11) is 0. The Balaban J connectivity index is 1.81. The van der Waals surface area contributed by atoms with Crippen LogP contribution in [0.1, 0.15) is 23.7 Å². The molecule has 1 saturated carbocycles. The molecule has 1 heterocycles. The highest BCUT2D eigenvalue weighted by Gasteiger charge is 2.29. The molecule has 4 heteroatoms. The average Bonchev–Trinajstić information content (AvgIpc) is 3.30. The minimum Gasteiger partial charge on any atom is -0.352 e. The number of nitrogens with one attached hydrogen (secondary N) is 1. The SMILES string of the molecule is O=C(NC1CC1)C(Sc1ccccn1)c1ccccc1. The van der Waals surface area contributed by atoms with E-state index < -0.39 is 0 Å². The first-order valence-corrected chi connectivity index (χ1v) is 7.64. The van der Waals surface area contributed by atoms with E-state index in [4.69, 9.17) is 0 Å². The molecule has 2 aromatic rings. The predicted octanol–water partition coefficient (Wildman–Crippen LogP) is 3.19. The maximum absolute atomic E-state index is 12.4. The third-order valence-corrected chi connectivity index (χ3v) is 4.35. The summed E-state index contributed by atoms with van der Waals surface area (Å²) in [6.07, 6.45) is 3.95. The zero-order valence-electron chi connectivity index (χ0n) is 11.0. The molecule has 0 radical (unpaired) electrons. The maximum atomic E-state index is 12.4. The fraction of sp³-hybridized carbons (Fsp3) is 0.250. The normalized spacial score (nSPS) is 15.6. The fourth-order valence-corrected chi connectivity index (χ4v) is 2.93. The van der Waals surface area contributed by atoms with Gasteiger partial charge in [0.2, 0.25) is 5.91 Å². The van der Waals surface area contributed by atoms with E-state index in [1.807, 2.05) is 48.5 Å². The Morgan fingerprint density at radius 3 is 2.55 bits per heavy atom. The minimum atomic E-state index is -0.244. The summed E-state index contributed by atoms with van der Waals surface area (Å²) < 4.78 is 0. The zero-order valence-corrected chi connectivity index (χ0v) is 11.8. The van der Waals surface area contributed by atoms with Crippen molar-refractivity contribution in [2.24, 2.45) is 0 Å². The van der Waals surface area contributed by atoms with Gasteiger partial charge in [-0.2, -0.15) is 0 Å². The second kappa shape index (κ2) is 6.09. The number of aromatic nitrogens is 1. The Morgan fingerprint density at radius 2 is 1.90 bits per heavy atom. The number of pyridine rings is 1. The van der Waals surface area contributed by atoms with E-state index in [1.54, 1.807) is 6.20 Å². The summed E-state index contributed by atoms with van der Waals surface area (Å²) in [5, 5.41) is 3.71. The van der Waals surface area contributed by atoms with Gasteiger partial charge in [0.1, 0.15) is 5.25 Å². The highest BCUT2D eigenvalue weighted by atomic mass is 32.2. The Kier molecular flexibility index (Phi) is 4.02. The van der Waals surface area contributed by atoms with Gasteiger partial charge in [-0.15, -0.1) is 0 Å². The number of thioether (sulfide) groups is 1. The average molecular weight is 284 g/mol. The molecular weight excluding hydrogens is 268 g/mol. The molecule has 1 atom stereocenters. The number of benzene rings is 1. The summed E-state index contributed by atoms with van der Waals surface area (Å²) in [6.45, 7) is 0. The molecule has 1 aliphatic carbocycles. The van der Waals surface area contributed by atoms with Crippen LogP contribution < -0.4 is 5.32 Å². The molecule has 1 aromatic heterocycles. The molecule has 1 N–H and O–H groups in total. The molecular formula is C16H16N2OS. The van der Waals surface area contributed by atoms with Gasteiger partial charge in [-0.05, 0) is 30.5 Å². The van der Waals surface area contributed by atoms with Crippen LogP contribution in [0.3, 0.4) is 0 Å². The lowest BCUT2D eigenvalue weighted by atomic mass is 10.1. The Morgan fingerprint density at radius 1 is 1.15 bits per heavy atom. The lowest BCUT2D eigenvalue weighted by Gasteiger charge is -2.16. The molecule has 3 nitrogen and oxygen atoms in total. The van der Waals surface area contributed by atoms with Crippen molar-refractivity contribution in [2.75, 3.05) is 0 Å². The van der Waals surface area contributed by atoms with E-state index in [2.05, 4.69) is 10.3 Å². The third-order valence-electron chi connectivity index (χ3n) is 3.14. The third kappa shape index (κ3) is 3.39. The van der Waals surface area contributed by atoms with Crippen molar-refractivity contribution in [3.05, 3.63) is 60.3 Å². The first kappa shape index (κ1) is 13.2. The molecule has 0 saturated heterocycles. The van der Waals surface area contributed by atoms with Crippen LogP contribution in [0, 0.1) is 0 Å². The van der Waals surface area contributed by atoms with Gasteiger partial charge in [0.05, 0.1) is 5.03 Å². The van der Waals surface area contributed by atoms with Crippen LogP contribution >= 0.6 is 11.8 Å². The van der Waals surface area contributed by atoms with Crippen LogP contribution in [0.25, 0.3) is 0 Å². The van der Waals surface area contributed by atoms with Crippen LogP contribution in [0.2, 0.25) is 0 Å². The number of rotatable bonds is 5. The van der Waals surface area contributed by atoms with Gasteiger partial charge in [0.15, 0.2) is 0 Å². The summed E-state index contributed by atoms with van der Waals surface area (Å²) in [5.41, 5.74) is 1.02. The maximum Gasteiger partial charge on any atom is 0.238 e. The van der Waals surface area contributed by atoms with Gasteiger partial charge < -0.3 is 5.32 Å². The molecule has 0 aliphatic heterocycles. The van der Waals surface area contributed by atoms with Crippen molar-refractivity contribution in [3.8, 4) is 0 Å².